The molecule has 0 aliphatic carbocycles. The third kappa shape index (κ3) is 3.16. The van der Waals surface area contributed by atoms with Gasteiger partial charge in [0.2, 0.25) is 0 Å². The lowest BCUT2D eigenvalue weighted by Crippen LogP contribution is -2.08. The van der Waals surface area contributed by atoms with Gasteiger partial charge in [-0.3, -0.25) is 0 Å². The molecule has 98 valence electrons. The number of aromatic nitrogens is 2. The van der Waals surface area contributed by atoms with Crippen LogP contribution in [0.4, 0.5) is 5.82 Å². The summed E-state index contributed by atoms with van der Waals surface area (Å²) in [4.78, 5) is 8.54. The summed E-state index contributed by atoms with van der Waals surface area (Å²) >= 11 is 1.66. The van der Waals surface area contributed by atoms with Crippen molar-refractivity contribution in [2.45, 2.75) is 13.3 Å². The van der Waals surface area contributed by atoms with Crippen LogP contribution < -0.4 is 5.32 Å². The fourth-order valence-electron chi connectivity index (χ4n) is 1.64. The lowest BCUT2D eigenvalue weighted by atomic mass is 10.3. The largest absolute Gasteiger partial charge is 0.394 e. The Bertz CT molecular complexity index is 501. The van der Waals surface area contributed by atoms with E-state index in [9.17, 15) is 0 Å². The van der Waals surface area contributed by atoms with Crippen molar-refractivity contribution in [3.05, 3.63) is 17.3 Å². The minimum atomic E-state index is 0.0778. The Morgan fingerprint density at radius 3 is 3.11 bits per heavy atom. The quantitative estimate of drug-likeness (QED) is 0.749. The minimum absolute atomic E-state index is 0.0778. The SMILES string of the molecule is Cc1csc2c(NCCCOCCO)ncnc12. The highest BCUT2D eigenvalue weighted by atomic mass is 32.1. The number of nitrogens with one attached hydrogen (secondary N) is 1. The molecule has 18 heavy (non-hydrogen) atoms. The van der Waals surface area contributed by atoms with Gasteiger partial charge >= 0.3 is 0 Å². The third-order valence-corrected chi connectivity index (χ3v) is 3.62. The van der Waals surface area contributed by atoms with Gasteiger partial charge in [-0.15, -0.1) is 11.3 Å². The molecule has 0 aliphatic heterocycles. The first-order valence-corrected chi connectivity index (χ1v) is 6.82. The van der Waals surface area contributed by atoms with E-state index in [4.69, 9.17) is 9.84 Å². The molecule has 0 aromatic carbocycles. The van der Waals surface area contributed by atoms with E-state index in [1.807, 2.05) is 0 Å². The average Bonchev–Trinajstić information content (AvgIpc) is 2.77. The van der Waals surface area contributed by atoms with E-state index >= 15 is 0 Å². The van der Waals surface area contributed by atoms with Crippen LogP contribution in [-0.4, -0.2) is 41.4 Å². The molecule has 6 heteroatoms. The van der Waals surface area contributed by atoms with E-state index < -0.39 is 0 Å². The van der Waals surface area contributed by atoms with Crippen LogP contribution in [0.3, 0.4) is 0 Å². The molecular weight excluding hydrogens is 250 g/mol. The first-order chi connectivity index (χ1) is 8.83. The van der Waals surface area contributed by atoms with Crippen LogP contribution in [0.2, 0.25) is 0 Å². The van der Waals surface area contributed by atoms with Gasteiger partial charge in [0.1, 0.15) is 12.1 Å². The molecule has 0 spiro atoms. The number of aryl methyl sites for hydroxylation is 1. The van der Waals surface area contributed by atoms with E-state index in [0.717, 1.165) is 29.0 Å². The molecule has 0 unspecified atom stereocenters. The van der Waals surface area contributed by atoms with Crippen molar-refractivity contribution in [3.63, 3.8) is 0 Å². The van der Waals surface area contributed by atoms with Gasteiger partial charge < -0.3 is 15.2 Å². The highest BCUT2D eigenvalue weighted by Gasteiger charge is 2.06. The maximum absolute atomic E-state index is 8.57. The summed E-state index contributed by atoms with van der Waals surface area (Å²) in [6.45, 7) is 3.98. The molecule has 0 atom stereocenters. The standard InChI is InChI=1S/C12H17N3O2S/c1-9-7-18-11-10(9)14-8-15-12(11)13-3-2-5-17-6-4-16/h7-8,16H,2-6H2,1H3,(H,13,14,15). The number of aliphatic hydroxyl groups excluding tert-OH is 1. The topological polar surface area (TPSA) is 67.3 Å². The molecule has 0 fully saturated rings. The van der Waals surface area contributed by atoms with Crippen molar-refractivity contribution >= 4 is 27.4 Å². The van der Waals surface area contributed by atoms with E-state index in [1.54, 1.807) is 17.7 Å². The average molecular weight is 267 g/mol. The predicted octanol–water partition coefficient (Wildman–Crippen LogP) is 1.81. The van der Waals surface area contributed by atoms with Gasteiger partial charge in [0.25, 0.3) is 0 Å². The molecule has 0 amide bonds. The number of nitrogens with zero attached hydrogens (tertiary/aromatic N) is 2. The number of hydrogen-bond acceptors (Lipinski definition) is 6. The Balaban J connectivity index is 1.88. The van der Waals surface area contributed by atoms with Gasteiger partial charge in [-0.05, 0) is 24.3 Å². The third-order valence-electron chi connectivity index (χ3n) is 2.52. The van der Waals surface area contributed by atoms with Crippen molar-refractivity contribution in [2.24, 2.45) is 0 Å². The first-order valence-electron chi connectivity index (χ1n) is 5.94. The smallest absolute Gasteiger partial charge is 0.147 e. The van der Waals surface area contributed by atoms with Crippen LogP contribution in [0.1, 0.15) is 12.0 Å². The number of aliphatic hydroxyl groups is 1. The van der Waals surface area contributed by atoms with Crippen LogP contribution in [0, 0.1) is 6.92 Å². The minimum Gasteiger partial charge on any atom is -0.394 e. The molecule has 0 bridgehead atoms. The fraction of sp³-hybridized carbons (Fsp3) is 0.500. The summed E-state index contributed by atoms with van der Waals surface area (Å²) in [5.41, 5.74) is 2.21. The number of fused-ring (bicyclic) bond motifs is 1. The second kappa shape index (κ2) is 6.63. The molecule has 0 aliphatic rings. The molecule has 2 heterocycles. The van der Waals surface area contributed by atoms with Gasteiger partial charge in [0.15, 0.2) is 0 Å². The van der Waals surface area contributed by atoms with Crippen LogP contribution in [-0.2, 0) is 4.74 Å². The van der Waals surface area contributed by atoms with Crippen molar-refractivity contribution in [1.82, 2.24) is 9.97 Å². The number of hydrogen-bond donors (Lipinski definition) is 2. The zero-order chi connectivity index (χ0) is 12.8. The molecule has 2 aromatic heterocycles. The van der Waals surface area contributed by atoms with E-state index in [-0.39, 0.29) is 6.61 Å². The van der Waals surface area contributed by atoms with Crippen LogP contribution in [0.15, 0.2) is 11.7 Å². The molecular formula is C12H17N3O2S. The zero-order valence-corrected chi connectivity index (χ0v) is 11.2. The Labute approximate surface area is 110 Å². The van der Waals surface area contributed by atoms with Crippen LogP contribution in [0.5, 0.6) is 0 Å². The predicted molar refractivity (Wildman–Crippen MR) is 73.2 cm³/mol. The van der Waals surface area contributed by atoms with Gasteiger partial charge in [0, 0.05) is 13.2 Å². The van der Waals surface area contributed by atoms with Crippen LogP contribution >= 0.6 is 11.3 Å². The second-order valence-corrected chi connectivity index (χ2v) is 4.81. The van der Waals surface area contributed by atoms with Crippen molar-refractivity contribution in [3.8, 4) is 0 Å². The summed E-state index contributed by atoms with van der Waals surface area (Å²) in [7, 11) is 0. The summed E-state index contributed by atoms with van der Waals surface area (Å²) in [6, 6.07) is 0. The van der Waals surface area contributed by atoms with E-state index in [2.05, 4.69) is 27.6 Å². The summed E-state index contributed by atoms with van der Waals surface area (Å²) in [6.07, 6.45) is 2.47. The highest BCUT2D eigenvalue weighted by molar-refractivity contribution is 7.18. The Morgan fingerprint density at radius 2 is 2.28 bits per heavy atom. The number of ether oxygens (including phenoxy) is 1. The van der Waals surface area contributed by atoms with Crippen molar-refractivity contribution in [2.75, 3.05) is 31.7 Å². The number of thiophene rings is 1. The molecule has 2 rings (SSSR count). The Hall–Kier alpha value is -1.24. The monoisotopic (exact) mass is 267 g/mol. The van der Waals surface area contributed by atoms with Gasteiger partial charge in [-0.25, -0.2) is 9.97 Å². The zero-order valence-electron chi connectivity index (χ0n) is 10.3. The highest BCUT2D eigenvalue weighted by Crippen LogP contribution is 2.28. The lowest BCUT2D eigenvalue weighted by Gasteiger charge is -2.06. The number of rotatable bonds is 7. The van der Waals surface area contributed by atoms with Crippen molar-refractivity contribution in [1.29, 1.82) is 0 Å². The summed E-state index contributed by atoms with van der Waals surface area (Å²) < 4.78 is 6.30. The Kier molecular flexibility index (Phi) is 4.86. The fourth-order valence-corrected chi connectivity index (χ4v) is 2.61. The van der Waals surface area contributed by atoms with Gasteiger partial charge in [0.05, 0.1) is 23.4 Å². The molecule has 0 radical (unpaired) electrons. The molecule has 2 aromatic rings. The second-order valence-electron chi connectivity index (χ2n) is 3.94. The molecule has 5 nitrogen and oxygen atoms in total. The maximum atomic E-state index is 8.57. The van der Waals surface area contributed by atoms with Gasteiger partial charge in [-0.2, -0.15) is 0 Å². The molecule has 0 saturated heterocycles. The van der Waals surface area contributed by atoms with E-state index in [1.165, 1.54) is 5.56 Å². The molecule has 2 N–H and O–H groups in total. The number of anilines is 1. The van der Waals surface area contributed by atoms with Crippen molar-refractivity contribution < 1.29 is 9.84 Å². The maximum Gasteiger partial charge on any atom is 0.147 e. The normalized spacial score (nSPS) is 11.0. The Morgan fingerprint density at radius 1 is 1.39 bits per heavy atom. The first kappa shape index (κ1) is 13.2. The van der Waals surface area contributed by atoms with Gasteiger partial charge in [-0.1, -0.05) is 0 Å². The lowest BCUT2D eigenvalue weighted by molar-refractivity contribution is 0.0922. The van der Waals surface area contributed by atoms with Crippen LogP contribution in [0.25, 0.3) is 10.2 Å². The summed E-state index contributed by atoms with van der Waals surface area (Å²) in [5, 5.41) is 14.0. The molecule has 0 saturated carbocycles. The summed E-state index contributed by atoms with van der Waals surface area (Å²) in [5.74, 6) is 0.889. The van der Waals surface area contributed by atoms with E-state index in [0.29, 0.717) is 13.2 Å².